The molecule has 0 N–H and O–H groups in total. The molecule has 2 rings (SSSR count). The Morgan fingerprint density at radius 2 is 1.23 bits per heavy atom. The summed E-state index contributed by atoms with van der Waals surface area (Å²) in [7, 11) is 0. The quantitative estimate of drug-likeness (QED) is 0.480. The van der Waals surface area contributed by atoms with E-state index in [1.165, 1.54) is 49.7 Å². The van der Waals surface area contributed by atoms with E-state index >= 15 is 0 Å². The Labute approximate surface area is 136 Å². The molecule has 0 fully saturated rings. The minimum absolute atomic E-state index is 0.755. The van der Waals surface area contributed by atoms with Gasteiger partial charge in [0.25, 0.3) is 0 Å². The maximum Gasteiger partial charge on any atom is -0.00258 e. The van der Waals surface area contributed by atoms with Gasteiger partial charge in [0.1, 0.15) is 0 Å². The molecule has 0 spiro atoms. The summed E-state index contributed by atoms with van der Waals surface area (Å²) in [6, 6.07) is 20.1. The Morgan fingerprint density at radius 3 is 1.77 bits per heavy atom. The number of hydrogen-bond donors (Lipinski definition) is 0. The Balaban J connectivity index is 2.01. The predicted molar refractivity (Wildman–Crippen MR) is 97.5 cm³/mol. The van der Waals surface area contributed by atoms with Gasteiger partial charge in [-0.3, -0.25) is 0 Å². The van der Waals surface area contributed by atoms with Gasteiger partial charge in [-0.05, 0) is 41.9 Å². The second-order valence-electron chi connectivity index (χ2n) is 6.39. The molecule has 0 aliphatic heterocycles. The molecule has 0 radical (unpaired) electrons. The lowest BCUT2D eigenvalue weighted by molar-refractivity contribution is 0.525. The highest BCUT2D eigenvalue weighted by atomic mass is 14.2. The van der Waals surface area contributed by atoms with Crippen LogP contribution in [0.5, 0.6) is 0 Å². The average Bonchev–Trinajstić information content (AvgIpc) is 2.57. The van der Waals surface area contributed by atoms with Crippen molar-refractivity contribution in [1.29, 1.82) is 0 Å². The molecular formula is C22H30. The lowest BCUT2D eigenvalue weighted by Crippen LogP contribution is -2.00. The Kier molecular flexibility index (Phi) is 7.22. The zero-order chi connectivity index (χ0) is 15.6. The van der Waals surface area contributed by atoms with E-state index in [1.54, 1.807) is 5.56 Å². The fraction of sp³-hybridized carbons (Fsp3) is 0.455. The molecule has 0 amide bonds. The smallest absolute Gasteiger partial charge is 0.00258 e. The normalized spacial score (nSPS) is 11.0. The summed E-state index contributed by atoms with van der Waals surface area (Å²) in [6.45, 7) is 4.58. The zero-order valence-electron chi connectivity index (χ0n) is 14.2. The molecule has 22 heavy (non-hydrogen) atoms. The van der Waals surface area contributed by atoms with Gasteiger partial charge in [0, 0.05) is 0 Å². The molecule has 0 nitrogen and oxygen atoms in total. The number of rotatable bonds is 9. The first-order valence-corrected chi connectivity index (χ1v) is 8.96. The van der Waals surface area contributed by atoms with Crippen molar-refractivity contribution in [2.45, 2.75) is 64.7 Å². The maximum absolute atomic E-state index is 2.37. The minimum atomic E-state index is 0.755. The molecule has 118 valence electrons. The van der Waals surface area contributed by atoms with Crippen LogP contribution in [0.25, 0.3) is 0 Å². The molecule has 0 saturated heterocycles. The standard InChI is InChI=1S/C22H30/c1-3-5-12-21(13-6-4-2)22-16-14-20(15-17-22)18-19-10-8-7-9-11-19/h7-11,14-17,21H,3-6,12-13,18H2,1-2H3. The van der Waals surface area contributed by atoms with Crippen molar-refractivity contribution < 1.29 is 0 Å². The van der Waals surface area contributed by atoms with E-state index in [0.29, 0.717) is 0 Å². The van der Waals surface area contributed by atoms with Gasteiger partial charge in [-0.15, -0.1) is 0 Å². The highest BCUT2D eigenvalue weighted by Gasteiger charge is 2.10. The van der Waals surface area contributed by atoms with Crippen molar-refractivity contribution in [3.63, 3.8) is 0 Å². The van der Waals surface area contributed by atoms with E-state index in [2.05, 4.69) is 68.4 Å². The fourth-order valence-electron chi connectivity index (χ4n) is 3.12. The van der Waals surface area contributed by atoms with E-state index in [9.17, 15) is 0 Å². The van der Waals surface area contributed by atoms with Gasteiger partial charge in [-0.25, -0.2) is 0 Å². The van der Waals surface area contributed by atoms with Crippen molar-refractivity contribution in [1.82, 2.24) is 0 Å². The van der Waals surface area contributed by atoms with Crippen LogP contribution in [0.1, 0.15) is 75.0 Å². The first-order valence-electron chi connectivity index (χ1n) is 8.96. The Hall–Kier alpha value is -1.56. The third-order valence-corrected chi connectivity index (χ3v) is 4.51. The van der Waals surface area contributed by atoms with E-state index < -0.39 is 0 Å². The lowest BCUT2D eigenvalue weighted by Gasteiger charge is -2.17. The molecular weight excluding hydrogens is 264 g/mol. The summed E-state index contributed by atoms with van der Waals surface area (Å²) in [5, 5.41) is 0. The highest BCUT2D eigenvalue weighted by molar-refractivity contribution is 5.30. The molecule has 0 unspecified atom stereocenters. The number of benzene rings is 2. The van der Waals surface area contributed by atoms with Crippen LogP contribution < -0.4 is 0 Å². The largest absolute Gasteiger partial charge is 0.0654 e. The van der Waals surface area contributed by atoms with Gasteiger partial charge >= 0.3 is 0 Å². The highest BCUT2D eigenvalue weighted by Crippen LogP contribution is 2.28. The van der Waals surface area contributed by atoms with Crippen molar-refractivity contribution in [3.8, 4) is 0 Å². The second-order valence-corrected chi connectivity index (χ2v) is 6.39. The molecule has 0 aliphatic carbocycles. The van der Waals surface area contributed by atoms with Crippen LogP contribution in [0.15, 0.2) is 54.6 Å². The molecule has 0 heteroatoms. The third kappa shape index (κ3) is 5.33. The van der Waals surface area contributed by atoms with Crippen LogP contribution >= 0.6 is 0 Å². The summed E-state index contributed by atoms with van der Waals surface area (Å²) in [6.07, 6.45) is 9.02. The summed E-state index contributed by atoms with van der Waals surface area (Å²) < 4.78 is 0. The fourth-order valence-corrected chi connectivity index (χ4v) is 3.12. The van der Waals surface area contributed by atoms with Crippen LogP contribution in [0.3, 0.4) is 0 Å². The van der Waals surface area contributed by atoms with Gasteiger partial charge in [0.05, 0.1) is 0 Å². The van der Waals surface area contributed by atoms with E-state index in [0.717, 1.165) is 12.3 Å². The van der Waals surface area contributed by atoms with Crippen molar-refractivity contribution in [3.05, 3.63) is 71.3 Å². The summed E-state index contributed by atoms with van der Waals surface area (Å²) in [4.78, 5) is 0. The Bertz CT molecular complexity index is 501. The van der Waals surface area contributed by atoms with Gasteiger partial charge < -0.3 is 0 Å². The molecule has 0 aromatic heterocycles. The van der Waals surface area contributed by atoms with Crippen LogP contribution in [0.4, 0.5) is 0 Å². The summed E-state index contributed by atoms with van der Waals surface area (Å²) in [5.41, 5.74) is 4.35. The SMILES string of the molecule is CCCCC(CCCC)c1ccc(Cc2ccccc2)cc1. The Morgan fingerprint density at radius 1 is 0.682 bits per heavy atom. The van der Waals surface area contributed by atoms with E-state index in [1.807, 2.05) is 0 Å². The minimum Gasteiger partial charge on any atom is -0.0654 e. The van der Waals surface area contributed by atoms with Gasteiger partial charge in [-0.2, -0.15) is 0 Å². The van der Waals surface area contributed by atoms with Crippen LogP contribution in [-0.4, -0.2) is 0 Å². The first-order chi connectivity index (χ1) is 10.8. The first kappa shape index (κ1) is 16.8. The van der Waals surface area contributed by atoms with Gasteiger partial charge in [-0.1, -0.05) is 94.1 Å². The zero-order valence-corrected chi connectivity index (χ0v) is 14.2. The van der Waals surface area contributed by atoms with E-state index in [4.69, 9.17) is 0 Å². The number of unbranched alkanes of at least 4 members (excludes halogenated alkanes) is 2. The van der Waals surface area contributed by atoms with E-state index in [-0.39, 0.29) is 0 Å². The van der Waals surface area contributed by atoms with Crippen molar-refractivity contribution in [2.24, 2.45) is 0 Å². The van der Waals surface area contributed by atoms with Crippen LogP contribution in [-0.2, 0) is 6.42 Å². The van der Waals surface area contributed by atoms with Crippen molar-refractivity contribution in [2.75, 3.05) is 0 Å². The van der Waals surface area contributed by atoms with Crippen LogP contribution in [0, 0.1) is 0 Å². The summed E-state index contributed by atoms with van der Waals surface area (Å²) in [5.74, 6) is 0.755. The molecule has 2 aromatic rings. The summed E-state index contributed by atoms with van der Waals surface area (Å²) >= 11 is 0. The van der Waals surface area contributed by atoms with Gasteiger partial charge in [0.15, 0.2) is 0 Å². The second kappa shape index (κ2) is 9.46. The molecule has 0 saturated carbocycles. The van der Waals surface area contributed by atoms with Crippen LogP contribution in [0.2, 0.25) is 0 Å². The average molecular weight is 294 g/mol. The maximum atomic E-state index is 2.37. The van der Waals surface area contributed by atoms with Gasteiger partial charge in [0.2, 0.25) is 0 Å². The molecule has 0 bridgehead atoms. The monoisotopic (exact) mass is 294 g/mol. The lowest BCUT2D eigenvalue weighted by atomic mass is 9.88. The third-order valence-electron chi connectivity index (χ3n) is 4.51. The molecule has 0 atom stereocenters. The topological polar surface area (TPSA) is 0 Å². The molecule has 2 aromatic carbocycles. The van der Waals surface area contributed by atoms with Crippen molar-refractivity contribution >= 4 is 0 Å². The molecule has 0 aliphatic rings. The number of hydrogen-bond acceptors (Lipinski definition) is 0. The predicted octanol–water partition coefficient (Wildman–Crippen LogP) is 6.74. The molecule has 0 heterocycles.